The van der Waals surface area contributed by atoms with Gasteiger partial charge < -0.3 is 14.4 Å². The summed E-state index contributed by atoms with van der Waals surface area (Å²) in [5.41, 5.74) is 2.13. The van der Waals surface area contributed by atoms with E-state index >= 15 is 0 Å². The third-order valence-electron chi connectivity index (χ3n) is 7.73. The molecule has 32 heavy (non-hydrogen) atoms. The smallest absolute Gasteiger partial charge is 0.337 e. The molecule has 1 unspecified atom stereocenters. The van der Waals surface area contributed by atoms with Gasteiger partial charge in [-0.3, -0.25) is 9.69 Å². The first-order chi connectivity index (χ1) is 15.5. The molecule has 4 rings (SSSR count). The number of amides is 1. The van der Waals surface area contributed by atoms with Crippen LogP contribution in [-0.2, 0) is 24.5 Å². The molecule has 7 heteroatoms. The van der Waals surface area contributed by atoms with E-state index in [1.165, 1.54) is 13.4 Å². The van der Waals surface area contributed by atoms with Gasteiger partial charge in [0.05, 0.1) is 31.5 Å². The van der Waals surface area contributed by atoms with Gasteiger partial charge in [0, 0.05) is 30.7 Å². The Labute approximate surface area is 195 Å². The van der Waals surface area contributed by atoms with Crippen molar-refractivity contribution in [1.82, 2.24) is 4.90 Å². The fourth-order valence-corrected chi connectivity index (χ4v) is 6.39. The molecule has 6 nitrogen and oxygen atoms in total. The lowest BCUT2D eigenvalue weighted by Crippen LogP contribution is -2.55. The minimum absolute atomic E-state index is 0.0134. The Bertz CT molecular complexity index is 904. The maximum Gasteiger partial charge on any atom is 0.337 e. The van der Waals surface area contributed by atoms with E-state index in [1.807, 2.05) is 17.0 Å². The van der Waals surface area contributed by atoms with Crippen LogP contribution in [0, 0.1) is 11.8 Å². The molecule has 0 aliphatic carbocycles. The highest BCUT2D eigenvalue weighted by Gasteiger charge is 2.61. The number of esters is 1. The molecular formula is C25H33ClN2O4. The lowest BCUT2D eigenvalue weighted by atomic mass is 9.67. The summed E-state index contributed by atoms with van der Waals surface area (Å²) in [7, 11) is 2.96. The minimum Gasteiger partial charge on any atom is -0.504 e. The summed E-state index contributed by atoms with van der Waals surface area (Å²) in [6, 6.07) is 8.24. The van der Waals surface area contributed by atoms with E-state index in [0.717, 1.165) is 50.0 Å². The Kier molecular flexibility index (Phi) is 6.82. The summed E-state index contributed by atoms with van der Waals surface area (Å²) in [5.74, 6) is 0.651. The van der Waals surface area contributed by atoms with E-state index in [9.17, 15) is 9.59 Å². The molecule has 2 fully saturated rings. The highest BCUT2D eigenvalue weighted by Crippen LogP contribution is 2.55. The maximum absolute atomic E-state index is 14.0. The van der Waals surface area contributed by atoms with Crippen LogP contribution in [0.2, 0.25) is 0 Å². The number of carbonyl (C=O) groups excluding carboxylic acids is 2. The molecular weight excluding hydrogens is 428 g/mol. The highest BCUT2D eigenvalue weighted by atomic mass is 35.5. The van der Waals surface area contributed by atoms with Crippen molar-refractivity contribution in [2.45, 2.75) is 44.1 Å². The molecule has 0 bridgehead atoms. The summed E-state index contributed by atoms with van der Waals surface area (Å²) in [6.45, 7) is 4.54. The summed E-state index contributed by atoms with van der Waals surface area (Å²) in [5, 5.41) is 0. The van der Waals surface area contributed by atoms with Crippen LogP contribution in [0.1, 0.15) is 38.2 Å². The highest BCUT2D eigenvalue weighted by molar-refractivity contribution is 6.18. The van der Waals surface area contributed by atoms with Crippen molar-refractivity contribution in [3.8, 4) is 0 Å². The molecule has 174 valence electrons. The van der Waals surface area contributed by atoms with Gasteiger partial charge in [0.2, 0.25) is 5.91 Å². The number of fused-ring (bicyclic) bond motifs is 4. The number of alkyl halides is 1. The van der Waals surface area contributed by atoms with Crippen LogP contribution in [0.3, 0.4) is 0 Å². The number of piperidine rings is 1. The molecule has 0 N–H and O–H groups in total. The van der Waals surface area contributed by atoms with Crippen LogP contribution in [0.25, 0.3) is 0 Å². The molecule has 1 aromatic carbocycles. The number of ether oxygens (including phenoxy) is 2. The summed E-state index contributed by atoms with van der Waals surface area (Å²) in [4.78, 5) is 31.1. The van der Waals surface area contributed by atoms with Crippen LogP contribution in [0.15, 0.2) is 36.1 Å². The molecule has 0 aromatic heterocycles. The molecule has 0 radical (unpaired) electrons. The SMILES string of the molecule is CC[C@H]1CN2CC[C@]3(C(=O)N(CCCCl)c4ccccc43)C2C[C@@H]1/C(=C\OC)C(=O)OC. The number of rotatable bonds is 7. The average molecular weight is 461 g/mol. The van der Waals surface area contributed by atoms with E-state index in [2.05, 4.69) is 24.0 Å². The number of para-hydroxylation sites is 1. The molecule has 3 heterocycles. The normalized spacial score (nSPS) is 29.9. The summed E-state index contributed by atoms with van der Waals surface area (Å²) >= 11 is 5.97. The lowest BCUT2D eigenvalue weighted by Gasteiger charge is -2.45. The van der Waals surface area contributed by atoms with Crippen molar-refractivity contribution in [1.29, 1.82) is 0 Å². The molecule has 2 saturated heterocycles. The quantitative estimate of drug-likeness (QED) is 0.268. The number of hydrogen-bond donors (Lipinski definition) is 0. The van der Waals surface area contributed by atoms with E-state index in [1.54, 1.807) is 7.11 Å². The van der Waals surface area contributed by atoms with Crippen molar-refractivity contribution in [3.63, 3.8) is 0 Å². The first-order valence-corrected chi connectivity index (χ1v) is 12.1. The van der Waals surface area contributed by atoms with Gasteiger partial charge >= 0.3 is 5.97 Å². The summed E-state index contributed by atoms with van der Waals surface area (Å²) < 4.78 is 10.4. The van der Waals surface area contributed by atoms with Gasteiger partial charge in [-0.1, -0.05) is 31.5 Å². The van der Waals surface area contributed by atoms with Gasteiger partial charge in [-0.15, -0.1) is 11.6 Å². The Hall–Kier alpha value is -2.05. The second kappa shape index (κ2) is 9.44. The van der Waals surface area contributed by atoms with Crippen molar-refractivity contribution >= 4 is 29.2 Å². The van der Waals surface area contributed by atoms with Crippen LogP contribution < -0.4 is 4.90 Å². The number of carbonyl (C=O) groups is 2. The van der Waals surface area contributed by atoms with Crippen LogP contribution in [-0.4, -0.2) is 62.6 Å². The number of benzene rings is 1. The Morgan fingerprint density at radius 2 is 2.09 bits per heavy atom. The second-order valence-electron chi connectivity index (χ2n) is 9.06. The second-order valence-corrected chi connectivity index (χ2v) is 9.44. The number of hydrogen-bond acceptors (Lipinski definition) is 5. The minimum atomic E-state index is -0.575. The fraction of sp³-hybridized carbons (Fsp3) is 0.600. The average Bonchev–Trinajstić information content (AvgIpc) is 3.31. The third kappa shape index (κ3) is 3.52. The number of anilines is 1. The number of methoxy groups -OCH3 is 2. The maximum atomic E-state index is 14.0. The van der Waals surface area contributed by atoms with Crippen LogP contribution >= 0.6 is 11.6 Å². The van der Waals surface area contributed by atoms with E-state index in [0.29, 0.717) is 23.9 Å². The van der Waals surface area contributed by atoms with Crippen molar-refractivity contribution in [2.75, 3.05) is 44.6 Å². The van der Waals surface area contributed by atoms with Crippen molar-refractivity contribution in [2.24, 2.45) is 11.8 Å². The first kappa shape index (κ1) is 23.1. The number of nitrogens with zero attached hydrogens (tertiary/aromatic N) is 2. The predicted octanol–water partition coefficient (Wildman–Crippen LogP) is 3.72. The lowest BCUT2D eigenvalue weighted by molar-refractivity contribution is -0.137. The van der Waals surface area contributed by atoms with E-state index in [4.69, 9.17) is 21.1 Å². The van der Waals surface area contributed by atoms with Gasteiger partial charge in [0.1, 0.15) is 0 Å². The molecule has 3 aliphatic heterocycles. The molecule has 3 aliphatic rings. The van der Waals surface area contributed by atoms with Gasteiger partial charge in [-0.2, -0.15) is 0 Å². The zero-order chi connectivity index (χ0) is 22.9. The van der Waals surface area contributed by atoms with Crippen LogP contribution in [0.5, 0.6) is 0 Å². The topological polar surface area (TPSA) is 59.1 Å². The van der Waals surface area contributed by atoms with E-state index in [-0.39, 0.29) is 23.8 Å². The van der Waals surface area contributed by atoms with Gasteiger partial charge in [0.25, 0.3) is 0 Å². The molecule has 4 atom stereocenters. The standard InChI is InChI=1S/C25H33ClN2O4/c1-4-17-15-27-13-10-25(22(27)14-18(17)19(16-31-2)23(29)32-3)20-8-5-6-9-21(20)28(24(25)30)12-7-11-26/h5-6,8-9,16-18,22H,4,7,10-15H2,1-3H3/b19-16+/t17-,18-,22?,25+/m0/s1. The Morgan fingerprint density at radius 3 is 2.78 bits per heavy atom. The monoisotopic (exact) mass is 460 g/mol. The number of halogens is 1. The molecule has 1 amide bonds. The largest absolute Gasteiger partial charge is 0.504 e. The molecule has 1 aromatic rings. The van der Waals surface area contributed by atoms with Gasteiger partial charge in [-0.25, -0.2) is 4.79 Å². The zero-order valence-electron chi connectivity index (χ0n) is 19.2. The third-order valence-corrected chi connectivity index (χ3v) is 7.99. The summed E-state index contributed by atoms with van der Waals surface area (Å²) in [6.07, 6.45) is 4.77. The fourth-order valence-electron chi connectivity index (χ4n) is 6.27. The Morgan fingerprint density at radius 1 is 1.31 bits per heavy atom. The van der Waals surface area contributed by atoms with Crippen LogP contribution in [0.4, 0.5) is 5.69 Å². The van der Waals surface area contributed by atoms with Crippen molar-refractivity contribution < 1.29 is 19.1 Å². The van der Waals surface area contributed by atoms with Gasteiger partial charge in [-0.05, 0) is 49.3 Å². The molecule has 1 spiro atoms. The van der Waals surface area contributed by atoms with Gasteiger partial charge in [0.15, 0.2) is 0 Å². The van der Waals surface area contributed by atoms with Crippen molar-refractivity contribution in [3.05, 3.63) is 41.7 Å². The molecule has 0 saturated carbocycles. The predicted molar refractivity (Wildman–Crippen MR) is 125 cm³/mol. The zero-order valence-corrected chi connectivity index (χ0v) is 19.9. The Balaban J connectivity index is 1.75. The van der Waals surface area contributed by atoms with E-state index < -0.39 is 5.41 Å². The first-order valence-electron chi connectivity index (χ1n) is 11.6.